The maximum absolute atomic E-state index is 5.91. The first kappa shape index (κ1) is 16.5. The second kappa shape index (κ2) is 7.08. The van der Waals surface area contributed by atoms with Gasteiger partial charge in [0.2, 0.25) is 5.89 Å². The highest BCUT2D eigenvalue weighted by Crippen LogP contribution is 2.25. The fraction of sp³-hybridized carbons (Fsp3) is 0.227. The molecule has 1 aliphatic carbocycles. The summed E-state index contributed by atoms with van der Waals surface area (Å²) >= 11 is 0. The lowest BCUT2D eigenvalue weighted by atomic mass is 10.2. The largest absolute Gasteiger partial charge is 0.487 e. The number of hydrogen-bond acceptors (Lipinski definition) is 3. The molecule has 0 bridgehead atoms. The van der Waals surface area contributed by atoms with Gasteiger partial charge in [0.25, 0.3) is 0 Å². The smallest absolute Gasteiger partial charge is 0.225 e. The molecule has 0 spiro atoms. The van der Waals surface area contributed by atoms with E-state index in [0.29, 0.717) is 18.5 Å². The molecule has 0 amide bonds. The molecule has 0 saturated carbocycles. The van der Waals surface area contributed by atoms with Crippen molar-refractivity contribution in [2.45, 2.75) is 32.9 Å². The van der Waals surface area contributed by atoms with Gasteiger partial charge in [-0.2, -0.15) is 0 Å². The molecule has 4 heteroatoms. The molecule has 1 aromatic carbocycles. The molecule has 0 unspecified atom stereocenters. The summed E-state index contributed by atoms with van der Waals surface area (Å²) in [5.41, 5.74) is 3.00. The number of allylic oxidation sites excluding steroid dienone is 6. The van der Waals surface area contributed by atoms with Gasteiger partial charge in [0, 0.05) is 28.7 Å². The molecule has 26 heavy (non-hydrogen) atoms. The Hall–Kier alpha value is -3.01. The van der Waals surface area contributed by atoms with E-state index in [0.717, 1.165) is 23.4 Å². The van der Waals surface area contributed by atoms with Crippen LogP contribution in [0.15, 0.2) is 71.5 Å². The Bertz CT molecular complexity index is 1000. The maximum Gasteiger partial charge on any atom is 0.225 e. The molecule has 4 rings (SSSR count). The third kappa shape index (κ3) is 3.36. The van der Waals surface area contributed by atoms with Crippen molar-refractivity contribution in [1.82, 2.24) is 9.55 Å². The van der Waals surface area contributed by atoms with Crippen LogP contribution in [-0.4, -0.2) is 9.55 Å². The molecular weight excluding hydrogens is 324 g/mol. The third-order valence-electron chi connectivity index (χ3n) is 4.43. The number of benzene rings is 1. The van der Waals surface area contributed by atoms with E-state index in [1.165, 1.54) is 10.9 Å². The zero-order valence-corrected chi connectivity index (χ0v) is 15.1. The molecule has 132 valence electrons. The minimum absolute atomic E-state index is 0.384. The molecule has 2 heterocycles. The summed E-state index contributed by atoms with van der Waals surface area (Å²) in [6, 6.07) is 8.74. The van der Waals surface area contributed by atoms with Gasteiger partial charge in [0.15, 0.2) is 0 Å². The Kier molecular flexibility index (Phi) is 4.48. The predicted octanol–water partition coefficient (Wildman–Crippen LogP) is 5.69. The molecular formula is C22H22N2O2. The molecule has 0 fully saturated rings. The topological polar surface area (TPSA) is 40.2 Å². The molecule has 0 aliphatic heterocycles. The standard InChI is InChI=1S/C22H22N2O2/c1-16(2)24-12-11-18-13-20(9-10-21(18)24)25-14-19-15-26-22(23-19)17-7-5-3-4-6-8-17/h3-5,7-13,15-16H,6,14H2,1-2H3. The van der Waals surface area contributed by atoms with Crippen LogP contribution in [-0.2, 0) is 6.61 Å². The fourth-order valence-electron chi connectivity index (χ4n) is 3.08. The monoisotopic (exact) mass is 346 g/mol. The Morgan fingerprint density at radius 1 is 1.23 bits per heavy atom. The summed E-state index contributed by atoms with van der Waals surface area (Å²) in [6.07, 6.45) is 14.9. The van der Waals surface area contributed by atoms with Crippen LogP contribution in [0.25, 0.3) is 16.5 Å². The van der Waals surface area contributed by atoms with E-state index in [9.17, 15) is 0 Å². The zero-order valence-electron chi connectivity index (χ0n) is 15.1. The van der Waals surface area contributed by atoms with Crippen LogP contribution >= 0.6 is 0 Å². The molecule has 0 saturated heterocycles. The van der Waals surface area contributed by atoms with Gasteiger partial charge in [-0.25, -0.2) is 4.98 Å². The molecule has 3 aromatic rings. The maximum atomic E-state index is 5.91. The first-order valence-electron chi connectivity index (χ1n) is 8.92. The summed E-state index contributed by atoms with van der Waals surface area (Å²) < 4.78 is 13.8. The van der Waals surface area contributed by atoms with Crippen LogP contribution in [0.3, 0.4) is 0 Å². The first-order valence-corrected chi connectivity index (χ1v) is 8.92. The quantitative estimate of drug-likeness (QED) is 0.596. The van der Waals surface area contributed by atoms with Crippen molar-refractivity contribution >= 4 is 16.5 Å². The molecule has 0 radical (unpaired) electrons. The average Bonchev–Trinajstić information content (AvgIpc) is 3.19. The molecule has 1 aliphatic rings. The number of ether oxygens (including phenoxy) is 1. The van der Waals surface area contributed by atoms with Gasteiger partial charge < -0.3 is 13.7 Å². The number of nitrogens with zero attached hydrogens (tertiary/aromatic N) is 2. The van der Waals surface area contributed by atoms with Crippen LogP contribution in [0.4, 0.5) is 0 Å². The van der Waals surface area contributed by atoms with Gasteiger partial charge in [-0.05, 0) is 50.6 Å². The van der Waals surface area contributed by atoms with Crippen LogP contribution in [0.2, 0.25) is 0 Å². The van der Waals surface area contributed by atoms with E-state index < -0.39 is 0 Å². The summed E-state index contributed by atoms with van der Waals surface area (Å²) in [6.45, 7) is 4.75. The first-order chi connectivity index (χ1) is 12.7. The van der Waals surface area contributed by atoms with Crippen LogP contribution in [0.5, 0.6) is 5.75 Å². The average molecular weight is 346 g/mol. The van der Waals surface area contributed by atoms with Gasteiger partial charge in [-0.3, -0.25) is 0 Å². The number of hydrogen-bond donors (Lipinski definition) is 0. The molecule has 0 atom stereocenters. The van der Waals surface area contributed by atoms with E-state index in [2.05, 4.69) is 59.9 Å². The van der Waals surface area contributed by atoms with Crippen molar-refractivity contribution in [2.24, 2.45) is 0 Å². The van der Waals surface area contributed by atoms with Crippen molar-refractivity contribution in [1.29, 1.82) is 0 Å². The van der Waals surface area contributed by atoms with Gasteiger partial charge >= 0.3 is 0 Å². The van der Waals surface area contributed by atoms with Crippen LogP contribution < -0.4 is 4.74 Å². The number of fused-ring (bicyclic) bond motifs is 1. The van der Waals surface area contributed by atoms with Crippen LogP contribution in [0.1, 0.15) is 37.9 Å². The van der Waals surface area contributed by atoms with E-state index in [1.807, 2.05) is 24.3 Å². The van der Waals surface area contributed by atoms with Crippen molar-refractivity contribution in [3.63, 3.8) is 0 Å². The van der Waals surface area contributed by atoms with Crippen molar-refractivity contribution < 1.29 is 9.15 Å². The normalized spacial score (nSPS) is 14.0. The lowest BCUT2D eigenvalue weighted by Crippen LogP contribution is -1.98. The highest BCUT2D eigenvalue weighted by molar-refractivity contribution is 5.81. The number of oxazole rings is 1. The lowest BCUT2D eigenvalue weighted by Gasteiger charge is -2.10. The SMILES string of the molecule is CC(C)n1ccc2cc(OCc3coc(C4=CCC=CC=C4)n3)ccc21. The van der Waals surface area contributed by atoms with Gasteiger partial charge in [0.05, 0.1) is 0 Å². The summed E-state index contributed by atoms with van der Waals surface area (Å²) in [7, 11) is 0. The summed E-state index contributed by atoms with van der Waals surface area (Å²) in [5.74, 6) is 1.47. The zero-order chi connectivity index (χ0) is 17.9. The molecule has 0 N–H and O–H groups in total. The van der Waals surface area contributed by atoms with E-state index >= 15 is 0 Å². The highest BCUT2D eigenvalue weighted by Gasteiger charge is 2.09. The fourth-order valence-corrected chi connectivity index (χ4v) is 3.08. The Balaban J connectivity index is 1.46. The third-order valence-corrected chi connectivity index (χ3v) is 4.43. The number of aromatic nitrogens is 2. The van der Waals surface area contributed by atoms with E-state index in [-0.39, 0.29) is 0 Å². The van der Waals surface area contributed by atoms with Crippen LogP contribution in [0, 0.1) is 0 Å². The van der Waals surface area contributed by atoms with Gasteiger partial charge in [-0.15, -0.1) is 0 Å². The Morgan fingerprint density at radius 2 is 2.15 bits per heavy atom. The Labute approximate surface area is 153 Å². The second-order valence-corrected chi connectivity index (χ2v) is 6.65. The van der Waals surface area contributed by atoms with Gasteiger partial charge in [0.1, 0.15) is 24.3 Å². The van der Waals surface area contributed by atoms with Crippen molar-refractivity contribution in [2.75, 3.05) is 0 Å². The van der Waals surface area contributed by atoms with Gasteiger partial charge in [-0.1, -0.05) is 24.3 Å². The molecule has 2 aromatic heterocycles. The Morgan fingerprint density at radius 3 is 3.04 bits per heavy atom. The predicted molar refractivity (Wildman–Crippen MR) is 104 cm³/mol. The van der Waals surface area contributed by atoms with E-state index in [4.69, 9.17) is 9.15 Å². The van der Waals surface area contributed by atoms with Crippen molar-refractivity contribution in [3.05, 3.63) is 78.7 Å². The minimum atomic E-state index is 0.384. The number of rotatable bonds is 5. The molecule has 4 nitrogen and oxygen atoms in total. The van der Waals surface area contributed by atoms with E-state index in [1.54, 1.807) is 6.26 Å². The van der Waals surface area contributed by atoms with Crippen molar-refractivity contribution in [3.8, 4) is 5.75 Å². The highest BCUT2D eigenvalue weighted by atomic mass is 16.5. The second-order valence-electron chi connectivity index (χ2n) is 6.65. The lowest BCUT2D eigenvalue weighted by molar-refractivity contribution is 0.301. The minimum Gasteiger partial charge on any atom is -0.487 e. The summed E-state index contributed by atoms with van der Waals surface area (Å²) in [5, 5.41) is 1.18. The summed E-state index contributed by atoms with van der Waals surface area (Å²) in [4.78, 5) is 4.54.